The van der Waals surface area contributed by atoms with Gasteiger partial charge in [0.1, 0.15) is 0 Å². The first-order chi connectivity index (χ1) is 4.86. The van der Waals surface area contributed by atoms with Gasteiger partial charge in [0.15, 0.2) is 0 Å². The van der Waals surface area contributed by atoms with Gasteiger partial charge in [-0.1, -0.05) is 6.58 Å². The third-order valence-electron chi connectivity index (χ3n) is 1.03. The fraction of sp³-hybridized carbons (Fsp3) is 0. The number of nitrogens with zero attached hydrogens (tertiary/aromatic N) is 2. The van der Waals surface area contributed by atoms with E-state index in [0.717, 1.165) is 6.21 Å². The van der Waals surface area contributed by atoms with Crippen LogP contribution in [0.4, 0.5) is 0 Å². The number of rotatable bonds is 2. The van der Waals surface area contributed by atoms with Gasteiger partial charge in [0.2, 0.25) is 0 Å². The van der Waals surface area contributed by atoms with E-state index in [2.05, 4.69) is 16.5 Å². The average Bonchev–Trinajstić information content (AvgIpc) is 2.05. The van der Waals surface area contributed by atoms with E-state index in [4.69, 9.17) is 5.41 Å². The summed E-state index contributed by atoms with van der Waals surface area (Å²) in [5, 5.41) is 6.85. The van der Waals surface area contributed by atoms with Gasteiger partial charge in [0, 0.05) is 6.21 Å². The Morgan fingerprint density at radius 3 is 2.70 bits per heavy atom. The van der Waals surface area contributed by atoms with Crippen LogP contribution in [-0.4, -0.2) is 16.2 Å². The van der Waals surface area contributed by atoms with E-state index in [1.807, 2.05) is 0 Å². The standard InChI is InChI=1S/C7H7N3/c1-2-6-4-9-5-7(3-8)10-6/h2-5,8H,1H2. The molecule has 0 bridgehead atoms. The van der Waals surface area contributed by atoms with Crippen molar-refractivity contribution in [1.82, 2.24) is 9.97 Å². The topological polar surface area (TPSA) is 49.6 Å². The van der Waals surface area contributed by atoms with Crippen molar-refractivity contribution >= 4 is 12.3 Å². The van der Waals surface area contributed by atoms with Crippen LogP contribution in [0.25, 0.3) is 6.08 Å². The molecule has 0 saturated heterocycles. The number of hydrogen-bond donors (Lipinski definition) is 1. The summed E-state index contributed by atoms with van der Waals surface area (Å²) in [7, 11) is 0. The van der Waals surface area contributed by atoms with Crippen LogP contribution in [0.2, 0.25) is 0 Å². The molecule has 10 heavy (non-hydrogen) atoms. The lowest BCUT2D eigenvalue weighted by Gasteiger charge is -1.91. The smallest absolute Gasteiger partial charge is 0.0995 e. The molecule has 0 fully saturated rings. The highest BCUT2D eigenvalue weighted by Gasteiger charge is 1.89. The normalized spacial score (nSPS) is 8.80. The Kier molecular flexibility index (Phi) is 1.89. The van der Waals surface area contributed by atoms with Crippen LogP contribution in [0.5, 0.6) is 0 Å². The van der Waals surface area contributed by atoms with E-state index >= 15 is 0 Å². The Morgan fingerprint density at radius 2 is 2.10 bits per heavy atom. The maximum atomic E-state index is 6.85. The Labute approximate surface area is 59.0 Å². The van der Waals surface area contributed by atoms with Crippen molar-refractivity contribution in [2.24, 2.45) is 0 Å². The van der Waals surface area contributed by atoms with Gasteiger partial charge in [0.05, 0.1) is 23.8 Å². The number of nitrogens with one attached hydrogen (secondary N) is 1. The van der Waals surface area contributed by atoms with Crippen LogP contribution in [0.3, 0.4) is 0 Å². The summed E-state index contributed by atoms with van der Waals surface area (Å²) in [5.74, 6) is 0. The SMILES string of the molecule is C=Cc1cncc(C=N)n1. The van der Waals surface area contributed by atoms with E-state index in [1.54, 1.807) is 12.3 Å². The quantitative estimate of drug-likeness (QED) is 0.614. The molecule has 0 atom stereocenters. The van der Waals surface area contributed by atoms with E-state index in [9.17, 15) is 0 Å². The van der Waals surface area contributed by atoms with Gasteiger partial charge in [-0.25, -0.2) is 4.98 Å². The minimum atomic E-state index is 0.553. The van der Waals surface area contributed by atoms with Crippen LogP contribution in [-0.2, 0) is 0 Å². The van der Waals surface area contributed by atoms with Crippen LogP contribution < -0.4 is 0 Å². The third kappa shape index (κ3) is 1.25. The van der Waals surface area contributed by atoms with Crippen molar-refractivity contribution in [3.63, 3.8) is 0 Å². The molecular weight excluding hydrogens is 126 g/mol. The van der Waals surface area contributed by atoms with E-state index < -0.39 is 0 Å². The van der Waals surface area contributed by atoms with Gasteiger partial charge in [-0.3, -0.25) is 4.98 Å². The molecule has 3 heteroatoms. The van der Waals surface area contributed by atoms with Gasteiger partial charge in [-0.15, -0.1) is 0 Å². The molecule has 50 valence electrons. The molecule has 1 rings (SSSR count). The Hall–Kier alpha value is -1.51. The average molecular weight is 133 g/mol. The molecule has 3 nitrogen and oxygen atoms in total. The first-order valence-electron chi connectivity index (χ1n) is 2.82. The van der Waals surface area contributed by atoms with Crippen molar-refractivity contribution in [1.29, 1.82) is 5.41 Å². The number of aromatic nitrogens is 2. The number of hydrogen-bond acceptors (Lipinski definition) is 3. The van der Waals surface area contributed by atoms with Crippen molar-refractivity contribution in [2.45, 2.75) is 0 Å². The molecule has 1 aromatic heterocycles. The first-order valence-corrected chi connectivity index (χ1v) is 2.82. The lowest BCUT2D eigenvalue weighted by atomic mass is 10.4. The van der Waals surface area contributed by atoms with E-state index in [-0.39, 0.29) is 0 Å². The highest BCUT2D eigenvalue weighted by molar-refractivity contribution is 5.73. The van der Waals surface area contributed by atoms with Gasteiger partial charge in [0.25, 0.3) is 0 Å². The summed E-state index contributed by atoms with van der Waals surface area (Å²) in [5.41, 5.74) is 1.25. The summed E-state index contributed by atoms with van der Waals surface area (Å²) in [6.07, 6.45) is 5.88. The largest absolute Gasteiger partial charge is 0.306 e. The lowest BCUT2D eigenvalue weighted by Crippen LogP contribution is -1.90. The zero-order chi connectivity index (χ0) is 7.40. The summed E-state index contributed by atoms with van der Waals surface area (Å²) in [6, 6.07) is 0. The van der Waals surface area contributed by atoms with Crippen LogP contribution >= 0.6 is 0 Å². The second kappa shape index (κ2) is 2.87. The Balaban J connectivity index is 3.09. The Morgan fingerprint density at radius 1 is 1.40 bits per heavy atom. The molecule has 0 aliphatic rings. The molecule has 0 unspecified atom stereocenters. The molecular formula is C7H7N3. The van der Waals surface area contributed by atoms with Crippen LogP contribution in [0, 0.1) is 5.41 Å². The predicted octanol–water partition coefficient (Wildman–Crippen LogP) is 1.12. The minimum absolute atomic E-state index is 0.553. The summed E-state index contributed by atoms with van der Waals surface area (Å²) >= 11 is 0. The fourth-order valence-corrected chi connectivity index (χ4v) is 0.565. The molecule has 0 spiro atoms. The second-order valence-corrected chi connectivity index (χ2v) is 1.72. The zero-order valence-corrected chi connectivity index (χ0v) is 5.41. The molecule has 0 aliphatic carbocycles. The highest BCUT2D eigenvalue weighted by Crippen LogP contribution is 1.93. The monoisotopic (exact) mass is 133 g/mol. The van der Waals surface area contributed by atoms with E-state index in [0.29, 0.717) is 11.4 Å². The van der Waals surface area contributed by atoms with Crippen molar-refractivity contribution in [3.05, 3.63) is 30.4 Å². The fourth-order valence-electron chi connectivity index (χ4n) is 0.565. The van der Waals surface area contributed by atoms with Gasteiger partial charge < -0.3 is 5.41 Å². The summed E-state index contributed by atoms with van der Waals surface area (Å²) in [6.45, 7) is 3.53. The van der Waals surface area contributed by atoms with Gasteiger partial charge >= 0.3 is 0 Å². The lowest BCUT2D eigenvalue weighted by molar-refractivity contribution is 1.16. The van der Waals surface area contributed by atoms with Gasteiger partial charge in [-0.2, -0.15) is 0 Å². The molecule has 1 heterocycles. The molecule has 0 aromatic carbocycles. The van der Waals surface area contributed by atoms with Crippen molar-refractivity contribution in [2.75, 3.05) is 0 Å². The van der Waals surface area contributed by atoms with Crippen molar-refractivity contribution < 1.29 is 0 Å². The first kappa shape index (κ1) is 6.61. The summed E-state index contributed by atoms with van der Waals surface area (Å²) in [4.78, 5) is 7.83. The van der Waals surface area contributed by atoms with E-state index in [1.165, 1.54) is 6.20 Å². The van der Waals surface area contributed by atoms with Crippen LogP contribution in [0.15, 0.2) is 19.0 Å². The third-order valence-corrected chi connectivity index (χ3v) is 1.03. The molecule has 0 saturated carbocycles. The molecule has 1 aromatic rings. The van der Waals surface area contributed by atoms with Gasteiger partial charge in [-0.05, 0) is 6.08 Å². The predicted molar refractivity (Wildman–Crippen MR) is 40.0 cm³/mol. The molecule has 0 radical (unpaired) electrons. The second-order valence-electron chi connectivity index (χ2n) is 1.72. The van der Waals surface area contributed by atoms with Crippen LogP contribution in [0.1, 0.15) is 11.4 Å². The Bertz CT molecular complexity index is 232. The molecule has 0 amide bonds. The molecule has 0 aliphatic heterocycles. The maximum absolute atomic E-state index is 6.85. The maximum Gasteiger partial charge on any atom is 0.0995 e. The highest BCUT2D eigenvalue weighted by atomic mass is 14.8. The molecule has 1 N–H and O–H groups in total. The summed E-state index contributed by atoms with van der Waals surface area (Å²) < 4.78 is 0. The zero-order valence-electron chi connectivity index (χ0n) is 5.41. The van der Waals surface area contributed by atoms with Crippen molar-refractivity contribution in [3.8, 4) is 0 Å². The minimum Gasteiger partial charge on any atom is -0.306 e.